The van der Waals surface area contributed by atoms with Gasteiger partial charge in [-0.3, -0.25) is 5.32 Å². The van der Waals surface area contributed by atoms with E-state index in [-0.39, 0.29) is 0 Å². The number of aliphatic hydroxyl groups is 1. The molecular weight excluding hydrogens is 290 g/mol. The Balaban J connectivity index is 1.91. The number of amides is 2. The number of rotatable bonds is 4. The molecule has 0 saturated carbocycles. The molecule has 1 atom stereocenters. The highest BCUT2D eigenvalue weighted by atomic mass is 32.2. The zero-order valence-electron chi connectivity index (χ0n) is 9.84. The minimum absolute atomic E-state index is 0.395. The lowest BCUT2D eigenvalue weighted by molar-refractivity contribution is -0.155. The molecule has 2 amide bonds. The van der Waals surface area contributed by atoms with E-state index in [1.54, 1.807) is 0 Å². The maximum Gasteiger partial charge on any atom is 0.337 e. The van der Waals surface area contributed by atoms with Gasteiger partial charge in [-0.1, -0.05) is 11.3 Å². The number of carboxylic acid groups (broad SMARTS) is 1. The molecule has 2 heterocycles. The average Bonchev–Trinajstić information content (AvgIpc) is 2.86. The standard InChI is InChI=1S/C10H11N3O4S2/c1-10(17,7(14)15)4-11-8(16)13-9-12-5-2-3-18-6(5)19-9/h2-3,17H,4H2,1H3,(H,14,15)(H2,11,12,13,16). The summed E-state index contributed by atoms with van der Waals surface area (Å²) in [6, 6.07) is 1.23. The monoisotopic (exact) mass is 301 g/mol. The van der Waals surface area contributed by atoms with Crippen molar-refractivity contribution in [3.05, 3.63) is 11.4 Å². The van der Waals surface area contributed by atoms with Crippen LogP contribution in [0, 0.1) is 0 Å². The Morgan fingerprint density at radius 3 is 2.89 bits per heavy atom. The van der Waals surface area contributed by atoms with Gasteiger partial charge in [-0.2, -0.15) is 0 Å². The number of anilines is 1. The van der Waals surface area contributed by atoms with Gasteiger partial charge in [0.05, 0.1) is 12.1 Å². The van der Waals surface area contributed by atoms with Gasteiger partial charge < -0.3 is 15.5 Å². The topological polar surface area (TPSA) is 112 Å². The maximum atomic E-state index is 11.5. The summed E-state index contributed by atoms with van der Waals surface area (Å²) in [6.07, 6.45) is 0. The first-order chi connectivity index (χ1) is 8.88. The van der Waals surface area contributed by atoms with Crippen LogP contribution in [0.3, 0.4) is 0 Å². The zero-order valence-corrected chi connectivity index (χ0v) is 11.5. The predicted molar refractivity (Wildman–Crippen MR) is 72.8 cm³/mol. The minimum atomic E-state index is -2.00. The molecule has 102 valence electrons. The van der Waals surface area contributed by atoms with Crippen LogP contribution in [0.25, 0.3) is 9.53 Å². The first-order valence-corrected chi connectivity index (χ1v) is 6.93. The highest BCUT2D eigenvalue weighted by Gasteiger charge is 2.30. The van der Waals surface area contributed by atoms with Crippen LogP contribution in [0.2, 0.25) is 0 Å². The van der Waals surface area contributed by atoms with Crippen LogP contribution in [0.4, 0.5) is 9.93 Å². The second-order valence-electron chi connectivity index (χ2n) is 4.00. The average molecular weight is 301 g/mol. The molecule has 0 fully saturated rings. The van der Waals surface area contributed by atoms with Gasteiger partial charge in [0.25, 0.3) is 0 Å². The van der Waals surface area contributed by atoms with Gasteiger partial charge in [-0.25, -0.2) is 14.6 Å². The van der Waals surface area contributed by atoms with Crippen LogP contribution >= 0.6 is 22.7 Å². The number of thiazole rings is 1. The summed E-state index contributed by atoms with van der Waals surface area (Å²) in [5, 5.41) is 25.2. The van der Waals surface area contributed by atoms with Gasteiger partial charge in [0.2, 0.25) is 0 Å². The number of carbonyl (C=O) groups excluding carboxylic acids is 1. The van der Waals surface area contributed by atoms with Crippen molar-refractivity contribution in [1.82, 2.24) is 10.3 Å². The molecule has 0 spiro atoms. The normalized spacial score (nSPS) is 14.0. The number of nitrogens with one attached hydrogen (secondary N) is 2. The van der Waals surface area contributed by atoms with E-state index >= 15 is 0 Å². The Hall–Kier alpha value is -1.71. The third-order valence-corrected chi connectivity index (χ3v) is 4.31. The number of aliphatic carboxylic acids is 1. The highest BCUT2D eigenvalue weighted by Crippen LogP contribution is 2.30. The molecule has 2 rings (SSSR count). The van der Waals surface area contributed by atoms with E-state index in [9.17, 15) is 14.7 Å². The lowest BCUT2D eigenvalue weighted by Crippen LogP contribution is -2.47. The van der Waals surface area contributed by atoms with Crippen LogP contribution in [0.1, 0.15) is 6.92 Å². The number of thiophene rings is 1. The number of fused-ring (bicyclic) bond motifs is 1. The zero-order chi connectivity index (χ0) is 14.0. The summed E-state index contributed by atoms with van der Waals surface area (Å²) < 4.78 is 0.993. The fourth-order valence-corrected chi connectivity index (χ4v) is 3.02. The second kappa shape index (κ2) is 5.11. The van der Waals surface area contributed by atoms with E-state index < -0.39 is 24.1 Å². The van der Waals surface area contributed by atoms with Gasteiger partial charge in [-0.05, 0) is 18.4 Å². The van der Waals surface area contributed by atoms with Gasteiger partial charge >= 0.3 is 12.0 Å². The number of carboxylic acids is 1. The van der Waals surface area contributed by atoms with Gasteiger partial charge in [-0.15, -0.1) is 11.3 Å². The molecule has 7 nitrogen and oxygen atoms in total. The molecule has 1 unspecified atom stereocenters. The second-order valence-corrected chi connectivity index (χ2v) is 6.17. The predicted octanol–water partition coefficient (Wildman–Crippen LogP) is 1.31. The van der Waals surface area contributed by atoms with Gasteiger partial charge in [0.15, 0.2) is 10.7 Å². The number of carbonyl (C=O) groups is 2. The van der Waals surface area contributed by atoms with Crippen molar-refractivity contribution in [3.8, 4) is 0 Å². The van der Waals surface area contributed by atoms with Crippen molar-refractivity contribution in [2.75, 3.05) is 11.9 Å². The smallest absolute Gasteiger partial charge is 0.337 e. The molecule has 0 radical (unpaired) electrons. The molecular formula is C10H11N3O4S2. The molecule has 0 bridgehead atoms. The Morgan fingerprint density at radius 2 is 2.26 bits per heavy atom. The van der Waals surface area contributed by atoms with Crippen molar-refractivity contribution in [2.24, 2.45) is 0 Å². The van der Waals surface area contributed by atoms with Crippen molar-refractivity contribution < 1.29 is 19.8 Å². The fraction of sp³-hybridized carbons (Fsp3) is 0.300. The quantitative estimate of drug-likeness (QED) is 0.680. The molecule has 0 aliphatic heterocycles. The fourth-order valence-electron chi connectivity index (χ4n) is 1.19. The van der Waals surface area contributed by atoms with Gasteiger partial charge in [0, 0.05) is 0 Å². The lowest BCUT2D eigenvalue weighted by Gasteiger charge is -2.18. The summed E-state index contributed by atoms with van der Waals surface area (Å²) in [6.45, 7) is 0.711. The summed E-state index contributed by atoms with van der Waals surface area (Å²) >= 11 is 2.85. The van der Waals surface area contributed by atoms with Crippen molar-refractivity contribution in [2.45, 2.75) is 12.5 Å². The van der Waals surface area contributed by atoms with Crippen LogP contribution < -0.4 is 10.6 Å². The molecule has 4 N–H and O–H groups in total. The summed E-state index contributed by atoms with van der Waals surface area (Å²) in [7, 11) is 0. The van der Waals surface area contributed by atoms with E-state index in [1.165, 1.54) is 22.7 Å². The van der Waals surface area contributed by atoms with Crippen molar-refractivity contribution in [1.29, 1.82) is 0 Å². The highest BCUT2D eigenvalue weighted by molar-refractivity contribution is 7.39. The first kappa shape index (κ1) is 13.7. The van der Waals surface area contributed by atoms with Gasteiger partial charge in [0.1, 0.15) is 4.01 Å². The Kier molecular flexibility index (Phi) is 3.69. The van der Waals surface area contributed by atoms with E-state index in [4.69, 9.17) is 5.11 Å². The molecule has 0 aliphatic carbocycles. The largest absolute Gasteiger partial charge is 0.479 e. The molecule has 0 aromatic carbocycles. The van der Waals surface area contributed by atoms with Crippen LogP contribution in [-0.2, 0) is 4.79 Å². The van der Waals surface area contributed by atoms with E-state index in [0.29, 0.717) is 5.13 Å². The maximum absolute atomic E-state index is 11.5. The molecule has 19 heavy (non-hydrogen) atoms. The Labute approximate surface area is 115 Å². The third-order valence-electron chi connectivity index (χ3n) is 2.30. The minimum Gasteiger partial charge on any atom is -0.479 e. The van der Waals surface area contributed by atoms with Crippen LogP contribution in [0.5, 0.6) is 0 Å². The SMILES string of the molecule is CC(O)(CNC(=O)Nc1nc2ccsc2s1)C(=O)O. The van der Waals surface area contributed by atoms with Crippen molar-refractivity contribution in [3.63, 3.8) is 0 Å². The van der Waals surface area contributed by atoms with Crippen LogP contribution in [-0.4, -0.2) is 39.3 Å². The Morgan fingerprint density at radius 1 is 1.53 bits per heavy atom. The van der Waals surface area contributed by atoms with Crippen LogP contribution in [0.15, 0.2) is 11.4 Å². The number of nitrogens with zero attached hydrogens (tertiary/aromatic N) is 1. The molecule has 9 heteroatoms. The summed E-state index contributed by atoms with van der Waals surface area (Å²) in [5.41, 5.74) is -1.19. The Bertz CT molecular complexity index is 591. The molecule has 0 saturated heterocycles. The third kappa shape index (κ3) is 3.19. The molecule has 2 aromatic rings. The van der Waals surface area contributed by atoms with E-state index in [2.05, 4.69) is 15.6 Å². The first-order valence-electron chi connectivity index (χ1n) is 5.23. The number of aromatic nitrogens is 1. The van der Waals surface area contributed by atoms with E-state index in [1.807, 2.05) is 11.4 Å². The van der Waals surface area contributed by atoms with E-state index in [0.717, 1.165) is 16.5 Å². The number of hydrogen-bond donors (Lipinski definition) is 4. The summed E-state index contributed by atoms with van der Waals surface area (Å²) in [4.78, 5) is 26.3. The number of hydrogen-bond acceptors (Lipinski definition) is 6. The van der Waals surface area contributed by atoms with Crippen molar-refractivity contribution >= 4 is 49.3 Å². The summed E-state index contributed by atoms with van der Waals surface area (Å²) in [5.74, 6) is -1.40. The molecule has 2 aromatic heterocycles. The lowest BCUT2D eigenvalue weighted by atomic mass is 10.1. The number of urea groups is 1. The molecule has 0 aliphatic rings.